The minimum absolute atomic E-state index is 0.00939. The molecule has 1 aromatic carbocycles. The van der Waals surface area contributed by atoms with Crippen LogP contribution in [0.5, 0.6) is 0 Å². The number of nitrogens with one attached hydrogen (secondary N) is 2. The molecule has 6 nitrogen and oxygen atoms in total. The molecule has 0 bridgehead atoms. The van der Waals surface area contributed by atoms with E-state index in [1.165, 1.54) is 0 Å². The summed E-state index contributed by atoms with van der Waals surface area (Å²) in [6.07, 6.45) is 3.47. The average Bonchev–Trinajstić information content (AvgIpc) is 2.69. The van der Waals surface area contributed by atoms with Gasteiger partial charge in [0.1, 0.15) is 5.82 Å². The highest BCUT2D eigenvalue weighted by molar-refractivity contribution is 6.33. The molecular weight excluding hydrogens is 374 g/mol. The highest BCUT2D eigenvalue weighted by Gasteiger charge is 2.16. The summed E-state index contributed by atoms with van der Waals surface area (Å²) in [6.45, 7) is 6.04. The number of anilines is 3. The number of pyridine rings is 1. The van der Waals surface area contributed by atoms with Gasteiger partial charge in [-0.15, -0.1) is 0 Å². The molecule has 0 fully saturated rings. The molecule has 0 radical (unpaired) electrons. The van der Waals surface area contributed by atoms with Gasteiger partial charge in [-0.05, 0) is 36.6 Å². The Bertz CT molecular complexity index is 913. The third-order valence-electron chi connectivity index (χ3n) is 4.47. The number of aromatic nitrogens is 3. The molecule has 0 aliphatic heterocycles. The van der Waals surface area contributed by atoms with Crippen molar-refractivity contribution >= 4 is 29.1 Å². The molecule has 0 aliphatic carbocycles. The van der Waals surface area contributed by atoms with Gasteiger partial charge in [-0.1, -0.05) is 37.6 Å². The van der Waals surface area contributed by atoms with E-state index in [-0.39, 0.29) is 18.6 Å². The normalized spacial score (nSPS) is 12.1. The van der Waals surface area contributed by atoms with Crippen LogP contribution in [0.25, 0.3) is 11.3 Å². The van der Waals surface area contributed by atoms with Crippen molar-refractivity contribution in [2.45, 2.75) is 26.8 Å². The summed E-state index contributed by atoms with van der Waals surface area (Å²) in [7, 11) is 0. The first kappa shape index (κ1) is 20.0. The van der Waals surface area contributed by atoms with Crippen LogP contribution in [0.4, 0.5) is 17.5 Å². The Balaban J connectivity index is 2.02. The first-order valence-electron chi connectivity index (χ1n) is 9.17. The van der Waals surface area contributed by atoms with Gasteiger partial charge in [0.05, 0.1) is 29.1 Å². The van der Waals surface area contributed by atoms with Gasteiger partial charge in [0.2, 0.25) is 5.95 Å². The second-order valence-corrected chi connectivity index (χ2v) is 7.35. The van der Waals surface area contributed by atoms with E-state index in [0.29, 0.717) is 16.8 Å². The summed E-state index contributed by atoms with van der Waals surface area (Å²) >= 11 is 6.36. The molecule has 0 spiro atoms. The molecule has 0 amide bonds. The zero-order chi connectivity index (χ0) is 20.1. The molecule has 3 rings (SSSR count). The Morgan fingerprint density at radius 2 is 1.96 bits per heavy atom. The SMILES string of the molecule is Cc1cccc(Cl)c1Nc1cc(-c2cccnc2)nc(N[C@H](CO)C(C)C)n1. The van der Waals surface area contributed by atoms with Crippen molar-refractivity contribution in [2.24, 2.45) is 5.92 Å². The van der Waals surface area contributed by atoms with E-state index in [2.05, 4.69) is 25.6 Å². The number of aliphatic hydroxyl groups excluding tert-OH is 1. The fourth-order valence-electron chi connectivity index (χ4n) is 2.75. The summed E-state index contributed by atoms with van der Waals surface area (Å²) < 4.78 is 0. The molecule has 7 heteroatoms. The maximum Gasteiger partial charge on any atom is 0.225 e. The van der Waals surface area contributed by atoms with Crippen LogP contribution in [0, 0.1) is 12.8 Å². The number of nitrogens with zero attached hydrogens (tertiary/aromatic N) is 3. The predicted octanol–water partition coefficient (Wildman–Crippen LogP) is 4.67. The summed E-state index contributed by atoms with van der Waals surface area (Å²) in [5, 5.41) is 16.8. The lowest BCUT2D eigenvalue weighted by atomic mass is 10.1. The molecule has 28 heavy (non-hydrogen) atoms. The van der Waals surface area contributed by atoms with Crippen LogP contribution in [-0.2, 0) is 0 Å². The zero-order valence-corrected chi connectivity index (χ0v) is 16.9. The van der Waals surface area contributed by atoms with Crippen molar-refractivity contribution in [3.05, 3.63) is 59.4 Å². The third-order valence-corrected chi connectivity index (χ3v) is 4.79. The van der Waals surface area contributed by atoms with Crippen molar-refractivity contribution in [3.8, 4) is 11.3 Å². The number of hydrogen-bond donors (Lipinski definition) is 3. The van der Waals surface area contributed by atoms with Crippen molar-refractivity contribution in [2.75, 3.05) is 17.2 Å². The summed E-state index contributed by atoms with van der Waals surface area (Å²) in [6, 6.07) is 11.2. The van der Waals surface area contributed by atoms with Gasteiger partial charge in [-0.3, -0.25) is 4.98 Å². The van der Waals surface area contributed by atoms with E-state index < -0.39 is 0 Å². The van der Waals surface area contributed by atoms with Crippen LogP contribution in [-0.4, -0.2) is 32.7 Å². The standard InChI is InChI=1S/C21H24ClN5O/c1-13(2)18(12-28)25-21-24-17(15-7-5-9-23-11-15)10-19(27-21)26-20-14(3)6-4-8-16(20)22/h4-11,13,18,28H,12H2,1-3H3,(H2,24,25,26,27)/t18-/m1/s1. The molecule has 1 atom stereocenters. The largest absolute Gasteiger partial charge is 0.394 e. The highest BCUT2D eigenvalue weighted by atomic mass is 35.5. The maximum absolute atomic E-state index is 9.66. The van der Waals surface area contributed by atoms with Crippen LogP contribution in [0.1, 0.15) is 19.4 Å². The van der Waals surface area contributed by atoms with E-state index in [0.717, 1.165) is 22.5 Å². The average molecular weight is 398 g/mol. The van der Waals surface area contributed by atoms with E-state index in [1.54, 1.807) is 12.4 Å². The summed E-state index contributed by atoms with van der Waals surface area (Å²) in [5.74, 6) is 1.26. The molecule has 3 N–H and O–H groups in total. The number of para-hydroxylation sites is 1. The lowest BCUT2D eigenvalue weighted by Gasteiger charge is -2.21. The molecule has 2 heterocycles. The topological polar surface area (TPSA) is 83.0 Å². The number of rotatable bonds is 7. The molecular formula is C21H24ClN5O. The minimum atomic E-state index is -0.154. The monoisotopic (exact) mass is 397 g/mol. The van der Waals surface area contributed by atoms with Crippen LogP contribution >= 0.6 is 11.6 Å². The van der Waals surface area contributed by atoms with Gasteiger partial charge < -0.3 is 15.7 Å². The molecule has 0 unspecified atom stereocenters. The summed E-state index contributed by atoms with van der Waals surface area (Å²) in [5.41, 5.74) is 3.41. The van der Waals surface area contributed by atoms with Gasteiger partial charge in [0, 0.05) is 24.0 Å². The fourth-order valence-corrected chi connectivity index (χ4v) is 3.01. The predicted molar refractivity (Wildman–Crippen MR) is 114 cm³/mol. The van der Waals surface area contributed by atoms with Gasteiger partial charge in [0.25, 0.3) is 0 Å². The van der Waals surface area contributed by atoms with Crippen molar-refractivity contribution in [1.29, 1.82) is 0 Å². The van der Waals surface area contributed by atoms with E-state index >= 15 is 0 Å². The van der Waals surface area contributed by atoms with E-state index in [4.69, 9.17) is 11.6 Å². The van der Waals surface area contributed by atoms with E-state index in [9.17, 15) is 5.11 Å². The third kappa shape index (κ3) is 4.77. The molecule has 146 valence electrons. The van der Waals surface area contributed by atoms with E-state index in [1.807, 2.05) is 57.2 Å². The maximum atomic E-state index is 9.66. The second kappa shape index (κ2) is 8.99. The van der Waals surface area contributed by atoms with Crippen molar-refractivity contribution < 1.29 is 5.11 Å². The zero-order valence-electron chi connectivity index (χ0n) is 16.1. The lowest BCUT2D eigenvalue weighted by Crippen LogP contribution is -2.30. The van der Waals surface area contributed by atoms with Gasteiger partial charge in [-0.25, -0.2) is 4.98 Å². The number of halogens is 1. The Labute approximate surface area is 170 Å². The number of aliphatic hydroxyl groups is 1. The smallest absolute Gasteiger partial charge is 0.225 e. The van der Waals surface area contributed by atoms with Crippen LogP contribution < -0.4 is 10.6 Å². The van der Waals surface area contributed by atoms with Crippen LogP contribution in [0.2, 0.25) is 5.02 Å². The Kier molecular flexibility index (Phi) is 6.44. The second-order valence-electron chi connectivity index (χ2n) is 6.94. The first-order chi connectivity index (χ1) is 13.5. The van der Waals surface area contributed by atoms with Gasteiger partial charge in [0.15, 0.2) is 0 Å². The molecule has 0 saturated heterocycles. The molecule has 3 aromatic rings. The summed E-state index contributed by atoms with van der Waals surface area (Å²) in [4.78, 5) is 13.4. The highest BCUT2D eigenvalue weighted by Crippen LogP contribution is 2.30. The first-order valence-corrected chi connectivity index (χ1v) is 9.54. The number of aryl methyl sites for hydroxylation is 1. The minimum Gasteiger partial charge on any atom is -0.394 e. The fraction of sp³-hybridized carbons (Fsp3) is 0.286. The van der Waals surface area contributed by atoms with Crippen molar-refractivity contribution in [1.82, 2.24) is 15.0 Å². The Morgan fingerprint density at radius 1 is 1.14 bits per heavy atom. The van der Waals surface area contributed by atoms with Crippen LogP contribution in [0.15, 0.2) is 48.8 Å². The van der Waals surface area contributed by atoms with Crippen molar-refractivity contribution in [3.63, 3.8) is 0 Å². The number of benzene rings is 1. The quantitative estimate of drug-likeness (QED) is 0.537. The Hall–Kier alpha value is -2.70. The molecule has 0 aliphatic rings. The van der Waals surface area contributed by atoms with Crippen LogP contribution in [0.3, 0.4) is 0 Å². The molecule has 2 aromatic heterocycles. The Morgan fingerprint density at radius 3 is 2.61 bits per heavy atom. The number of hydrogen-bond acceptors (Lipinski definition) is 6. The van der Waals surface area contributed by atoms with Gasteiger partial charge in [-0.2, -0.15) is 4.98 Å². The lowest BCUT2D eigenvalue weighted by molar-refractivity contribution is 0.248. The molecule has 0 saturated carbocycles. The van der Waals surface area contributed by atoms with Gasteiger partial charge >= 0.3 is 0 Å².